The fourth-order valence-corrected chi connectivity index (χ4v) is 5.83. The number of amides is 4. The van der Waals surface area contributed by atoms with E-state index in [0.29, 0.717) is 31.0 Å². The number of aliphatic hydroxyl groups excluding tert-OH is 1. The van der Waals surface area contributed by atoms with Gasteiger partial charge in [0.2, 0.25) is 5.91 Å². The van der Waals surface area contributed by atoms with Gasteiger partial charge in [0.05, 0.1) is 12.6 Å². The van der Waals surface area contributed by atoms with Crippen molar-refractivity contribution in [3.8, 4) is 0 Å². The number of ether oxygens (including phenoxy) is 1. The quantitative estimate of drug-likeness (QED) is 0.361. The molecule has 218 valence electrons. The number of alkyl carbamates (subject to hydrolysis) is 1. The molecule has 1 aromatic rings. The Bertz CT molecular complexity index is 956. The number of nitrogens with zero attached hydrogens (tertiary/aromatic N) is 2. The van der Waals surface area contributed by atoms with Gasteiger partial charge < -0.3 is 31.1 Å². The van der Waals surface area contributed by atoms with E-state index in [2.05, 4.69) is 15.5 Å². The molecule has 1 saturated heterocycles. The number of rotatable bonds is 9. The van der Waals surface area contributed by atoms with Crippen molar-refractivity contribution in [3.63, 3.8) is 0 Å². The van der Waals surface area contributed by atoms with Crippen LogP contribution in [0.5, 0.6) is 0 Å². The lowest BCUT2D eigenvalue weighted by molar-refractivity contribution is -0.122. The van der Waals surface area contributed by atoms with Crippen molar-refractivity contribution >= 4 is 29.6 Å². The van der Waals surface area contributed by atoms with Gasteiger partial charge in [-0.25, -0.2) is 9.59 Å². The molecule has 0 radical (unpaired) electrons. The Morgan fingerprint density at radius 1 is 1.08 bits per heavy atom. The highest BCUT2D eigenvalue weighted by Gasteiger charge is 2.39. The predicted octanol–water partition coefficient (Wildman–Crippen LogP) is 3.56. The SMILES string of the molecule is CC(C)(C)OC(=O)N[C@@H](C(N)=O)C(c1ccc(Cl)cc1)N1CCC(N(C(=O)NCCO)C2CCCCC2)CC1. The van der Waals surface area contributed by atoms with E-state index >= 15 is 0 Å². The van der Waals surface area contributed by atoms with Gasteiger partial charge in [-0.05, 0) is 64.2 Å². The minimum absolute atomic E-state index is 0.0275. The van der Waals surface area contributed by atoms with Crippen molar-refractivity contribution in [2.45, 2.75) is 95.5 Å². The third kappa shape index (κ3) is 8.98. The van der Waals surface area contributed by atoms with Gasteiger partial charge in [0.1, 0.15) is 11.6 Å². The summed E-state index contributed by atoms with van der Waals surface area (Å²) in [5.41, 5.74) is 5.90. The predicted molar refractivity (Wildman–Crippen MR) is 150 cm³/mol. The van der Waals surface area contributed by atoms with Crippen molar-refractivity contribution < 1.29 is 24.2 Å². The zero-order valence-electron chi connectivity index (χ0n) is 23.3. The third-order valence-corrected chi connectivity index (χ3v) is 7.63. The molecule has 1 saturated carbocycles. The Morgan fingerprint density at radius 3 is 2.21 bits per heavy atom. The Labute approximate surface area is 236 Å². The molecule has 10 nitrogen and oxygen atoms in total. The van der Waals surface area contributed by atoms with Crippen molar-refractivity contribution in [2.24, 2.45) is 5.73 Å². The summed E-state index contributed by atoms with van der Waals surface area (Å²) in [5, 5.41) is 15.4. The molecule has 2 fully saturated rings. The van der Waals surface area contributed by atoms with Crippen LogP contribution in [-0.4, -0.2) is 82.9 Å². The van der Waals surface area contributed by atoms with Gasteiger partial charge in [0, 0.05) is 36.7 Å². The van der Waals surface area contributed by atoms with Crippen LogP contribution < -0.4 is 16.4 Å². The fourth-order valence-electron chi connectivity index (χ4n) is 5.70. The first kappa shape index (κ1) is 31.0. The Hall–Kier alpha value is -2.56. The van der Waals surface area contributed by atoms with Crippen molar-refractivity contribution in [2.75, 3.05) is 26.2 Å². The molecule has 1 aliphatic heterocycles. The number of primary amides is 1. The topological polar surface area (TPSA) is 137 Å². The average Bonchev–Trinajstić information content (AvgIpc) is 2.88. The summed E-state index contributed by atoms with van der Waals surface area (Å²) in [6, 6.07) is 5.65. The number of nitrogens with two attached hydrogens (primary N) is 1. The maximum absolute atomic E-state index is 13.2. The summed E-state index contributed by atoms with van der Waals surface area (Å²) in [7, 11) is 0. The molecule has 11 heteroatoms. The molecule has 1 aliphatic carbocycles. The second-order valence-corrected chi connectivity index (χ2v) is 11.9. The zero-order valence-corrected chi connectivity index (χ0v) is 24.1. The van der Waals surface area contributed by atoms with Crippen molar-refractivity contribution in [3.05, 3.63) is 34.9 Å². The summed E-state index contributed by atoms with van der Waals surface area (Å²) in [4.78, 5) is 42.7. The molecular weight excluding hydrogens is 522 g/mol. The summed E-state index contributed by atoms with van der Waals surface area (Å²) in [5.74, 6) is -0.671. The molecule has 5 N–H and O–H groups in total. The number of benzene rings is 1. The largest absolute Gasteiger partial charge is 0.444 e. The lowest BCUT2D eigenvalue weighted by Gasteiger charge is -2.46. The van der Waals surface area contributed by atoms with E-state index in [1.54, 1.807) is 32.9 Å². The number of hydrogen-bond donors (Lipinski definition) is 4. The number of hydrogen-bond acceptors (Lipinski definition) is 6. The highest BCUT2D eigenvalue weighted by atomic mass is 35.5. The number of aliphatic hydroxyl groups is 1. The first-order chi connectivity index (χ1) is 18.5. The fraction of sp³-hybridized carbons (Fsp3) is 0.679. The van der Waals surface area contributed by atoms with Gasteiger partial charge in [-0.3, -0.25) is 9.69 Å². The van der Waals surface area contributed by atoms with Gasteiger partial charge in [-0.1, -0.05) is 43.0 Å². The van der Waals surface area contributed by atoms with E-state index in [1.807, 2.05) is 17.0 Å². The van der Waals surface area contributed by atoms with Crippen LogP contribution in [-0.2, 0) is 9.53 Å². The number of piperidine rings is 1. The number of halogens is 1. The first-order valence-corrected chi connectivity index (χ1v) is 14.3. The second-order valence-electron chi connectivity index (χ2n) is 11.4. The Kier molecular flexibility index (Phi) is 11.3. The lowest BCUT2D eigenvalue weighted by Crippen LogP contribution is -2.58. The maximum atomic E-state index is 13.2. The summed E-state index contributed by atoms with van der Waals surface area (Å²) >= 11 is 6.14. The third-order valence-electron chi connectivity index (χ3n) is 7.38. The van der Waals surface area contributed by atoms with Crippen LogP contribution in [0.1, 0.15) is 77.3 Å². The van der Waals surface area contributed by atoms with Gasteiger partial charge in [-0.15, -0.1) is 0 Å². The molecule has 2 aliphatic rings. The number of nitrogens with one attached hydrogen (secondary N) is 2. The van der Waals surface area contributed by atoms with Crippen molar-refractivity contribution in [1.29, 1.82) is 0 Å². The molecule has 3 rings (SSSR count). The number of carbonyl (C=O) groups excluding carboxylic acids is 3. The van der Waals surface area contributed by atoms with E-state index in [1.165, 1.54) is 6.42 Å². The Morgan fingerprint density at radius 2 is 1.67 bits per heavy atom. The monoisotopic (exact) mass is 565 g/mol. The van der Waals surface area contributed by atoms with Crippen LogP contribution in [0, 0.1) is 0 Å². The van der Waals surface area contributed by atoms with Gasteiger partial charge in [-0.2, -0.15) is 0 Å². The minimum atomic E-state index is -1.04. The molecule has 0 spiro atoms. The molecule has 1 heterocycles. The summed E-state index contributed by atoms with van der Waals surface area (Å²) in [6.45, 7) is 6.55. The summed E-state index contributed by atoms with van der Waals surface area (Å²) in [6.07, 6.45) is 6.02. The standard InChI is InChI=1S/C28H44ClN5O5/c1-28(2,3)39-27(38)32-23(25(30)36)24(19-9-11-20(29)12-10-19)33-16-13-22(14-17-33)34(26(37)31-15-18-35)21-7-5-4-6-8-21/h9-12,21-24,35H,4-8,13-18H2,1-3H3,(H2,30,36)(H,31,37)(H,32,38)/t23-,24?/m1/s1. The minimum Gasteiger partial charge on any atom is -0.444 e. The van der Waals surface area contributed by atoms with Gasteiger partial charge in [0.15, 0.2) is 0 Å². The van der Waals surface area contributed by atoms with Crippen LogP contribution in [0.4, 0.5) is 9.59 Å². The smallest absolute Gasteiger partial charge is 0.408 e. The Balaban J connectivity index is 1.82. The van der Waals surface area contributed by atoms with E-state index in [-0.39, 0.29) is 31.3 Å². The molecular formula is C28H44ClN5O5. The molecule has 2 atom stereocenters. The molecule has 1 aromatic carbocycles. The molecule has 4 amide bonds. The first-order valence-electron chi connectivity index (χ1n) is 14.0. The average molecular weight is 566 g/mol. The van der Waals surface area contributed by atoms with E-state index in [9.17, 15) is 19.5 Å². The lowest BCUT2D eigenvalue weighted by atomic mass is 9.90. The molecule has 0 bridgehead atoms. The number of likely N-dealkylation sites (tertiary alicyclic amines) is 1. The van der Waals surface area contributed by atoms with E-state index in [0.717, 1.165) is 31.2 Å². The maximum Gasteiger partial charge on any atom is 0.408 e. The van der Waals surface area contributed by atoms with Crippen LogP contribution in [0.25, 0.3) is 0 Å². The highest BCUT2D eigenvalue weighted by Crippen LogP contribution is 2.33. The number of urea groups is 1. The van der Waals surface area contributed by atoms with E-state index in [4.69, 9.17) is 22.1 Å². The zero-order chi connectivity index (χ0) is 28.6. The van der Waals surface area contributed by atoms with Crippen molar-refractivity contribution in [1.82, 2.24) is 20.4 Å². The van der Waals surface area contributed by atoms with Gasteiger partial charge in [0.25, 0.3) is 0 Å². The van der Waals surface area contributed by atoms with E-state index < -0.39 is 29.7 Å². The van der Waals surface area contributed by atoms with Crippen LogP contribution in [0.2, 0.25) is 5.02 Å². The highest BCUT2D eigenvalue weighted by molar-refractivity contribution is 6.30. The van der Waals surface area contributed by atoms with Gasteiger partial charge >= 0.3 is 12.1 Å². The number of carbonyl (C=O) groups is 3. The molecule has 1 unspecified atom stereocenters. The van der Waals surface area contributed by atoms with Crippen LogP contribution in [0.3, 0.4) is 0 Å². The molecule has 39 heavy (non-hydrogen) atoms. The van der Waals surface area contributed by atoms with Crippen LogP contribution in [0.15, 0.2) is 24.3 Å². The van der Waals surface area contributed by atoms with Crippen LogP contribution >= 0.6 is 11.6 Å². The summed E-state index contributed by atoms with van der Waals surface area (Å²) < 4.78 is 5.42. The molecule has 0 aromatic heterocycles. The second kappa shape index (κ2) is 14.2. The normalized spacial score (nSPS) is 19.1.